The van der Waals surface area contributed by atoms with Crippen molar-refractivity contribution in [3.63, 3.8) is 0 Å². The van der Waals surface area contributed by atoms with Crippen LogP contribution < -0.4 is 5.32 Å². The van der Waals surface area contributed by atoms with Crippen LogP contribution >= 0.6 is 23.2 Å². The number of amides is 1. The summed E-state index contributed by atoms with van der Waals surface area (Å²) in [6, 6.07) is 4.95. The molecule has 2 aliphatic rings. The maximum Gasteiger partial charge on any atom is 0.306 e. The summed E-state index contributed by atoms with van der Waals surface area (Å²) in [4.78, 5) is 23.8. The van der Waals surface area contributed by atoms with Gasteiger partial charge in [0.25, 0.3) is 5.91 Å². The summed E-state index contributed by atoms with van der Waals surface area (Å²) in [6.07, 6.45) is 5.33. The second kappa shape index (κ2) is 7.10. The second-order valence-electron chi connectivity index (χ2n) is 6.44. The van der Waals surface area contributed by atoms with E-state index in [-0.39, 0.29) is 12.6 Å². The predicted octanol–water partition coefficient (Wildman–Crippen LogP) is 4.30. The third kappa shape index (κ3) is 3.99. The number of anilines is 1. The van der Waals surface area contributed by atoms with Crippen molar-refractivity contribution in [2.45, 2.75) is 32.1 Å². The lowest BCUT2D eigenvalue weighted by molar-refractivity contribution is -0.148. The normalized spacial score (nSPS) is 25.4. The van der Waals surface area contributed by atoms with Gasteiger partial charge in [0.1, 0.15) is 0 Å². The van der Waals surface area contributed by atoms with Gasteiger partial charge in [0.05, 0.1) is 15.7 Å². The number of nitrogens with one attached hydrogen (secondary N) is 1. The highest BCUT2D eigenvalue weighted by atomic mass is 35.5. The topological polar surface area (TPSA) is 55.4 Å². The van der Waals surface area contributed by atoms with Crippen LogP contribution in [0, 0.1) is 17.8 Å². The first-order chi connectivity index (χ1) is 11.0. The van der Waals surface area contributed by atoms with E-state index in [1.54, 1.807) is 18.2 Å². The van der Waals surface area contributed by atoms with Crippen LogP contribution in [-0.2, 0) is 14.3 Å². The lowest BCUT2D eigenvalue weighted by atomic mass is 9.86. The number of ether oxygens (including phenoxy) is 1. The van der Waals surface area contributed by atoms with Crippen LogP contribution in [0.4, 0.5) is 5.69 Å². The molecule has 2 fully saturated rings. The quantitative estimate of drug-likeness (QED) is 0.801. The average molecular weight is 356 g/mol. The molecule has 23 heavy (non-hydrogen) atoms. The van der Waals surface area contributed by atoms with Gasteiger partial charge in [0, 0.05) is 6.42 Å². The van der Waals surface area contributed by atoms with Crippen LogP contribution in [0.1, 0.15) is 32.1 Å². The molecular weight excluding hydrogens is 337 g/mol. The Balaban J connectivity index is 1.44. The number of benzene rings is 1. The standard InChI is InChI=1S/C17H19Cl2NO3/c18-13-2-1-3-14(19)17(13)20-15(21)9-23-16(22)8-12-7-10-4-5-11(12)6-10/h1-3,10-12H,4-9H2,(H,20,21)/t10-,11+,12-/m1/s1. The fourth-order valence-electron chi connectivity index (χ4n) is 3.84. The van der Waals surface area contributed by atoms with Crippen molar-refractivity contribution in [2.75, 3.05) is 11.9 Å². The first kappa shape index (κ1) is 16.6. The first-order valence-corrected chi connectivity index (χ1v) is 8.68. The molecule has 0 saturated heterocycles. The Morgan fingerprint density at radius 1 is 1.17 bits per heavy atom. The number of hydrogen-bond donors (Lipinski definition) is 1. The molecule has 2 aliphatic carbocycles. The molecule has 0 radical (unpaired) electrons. The van der Waals surface area contributed by atoms with E-state index in [0.717, 1.165) is 12.3 Å². The van der Waals surface area contributed by atoms with Gasteiger partial charge in [-0.05, 0) is 49.1 Å². The molecule has 6 heteroatoms. The van der Waals surface area contributed by atoms with Crippen LogP contribution in [-0.4, -0.2) is 18.5 Å². The molecule has 3 rings (SSSR count). The molecule has 2 saturated carbocycles. The number of carbonyl (C=O) groups excluding carboxylic acids is 2. The van der Waals surface area contributed by atoms with Crippen LogP contribution in [0.2, 0.25) is 10.0 Å². The van der Waals surface area contributed by atoms with E-state index in [1.807, 2.05) is 0 Å². The van der Waals surface area contributed by atoms with Crippen molar-refractivity contribution < 1.29 is 14.3 Å². The third-order valence-corrected chi connectivity index (χ3v) is 5.53. The van der Waals surface area contributed by atoms with Crippen molar-refractivity contribution in [3.05, 3.63) is 28.2 Å². The highest BCUT2D eigenvalue weighted by molar-refractivity contribution is 6.39. The molecule has 0 unspecified atom stereocenters. The lowest BCUT2D eigenvalue weighted by Gasteiger charge is -2.20. The fraction of sp³-hybridized carbons (Fsp3) is 0.529. The summed E-state index contributed by atoms with van der Waals surface area (Å²) in [5, 5.41) is 3.27. The van der Waals surface area contributed by atoms with E-state index in [2.05, 4.69) is 5.32 Å². The monoisotopic (exact) mass is 355 g/mol. The summed E-state index contributed by atoms with van der Waals surface area (Å²) in [6.45, 7) is -0.318. The molecule has 124 valence electrons. The zero-order chi connectivity index (χ0) is 16.4. The average Bonchev–Trinajstić information content (AvgIpc) is 3.12. The Kier molecular flexibility index (Phi) is 5.12. The Labute approximate surface area is 145 Å². The van der Waals surface area contributed by atoms with E-state index in [0.29, 0.717) is 34.0 Å². The number of para-hydroxylation sites is 1. The van der Waals surface area contributed by atoms with Crippen molar-refractivity contribution >= 4 is 40.8 Å². The van der Waals surface area contributed by atoms with Crippen molar-refractivity contribution in [3.8, 4) is 0 Å². The fourth-order valence-corrected chi connectivity index (χ4v) is 4.33. The SMILES string of the molecule is O=C(COC(=O)C[C@H]1C[C@@H]2CC[C@H]1C2)Nc1c(Cl)cccc1Cl. The molecular formula is C17H19Cl2NO3. The van der Waals surface area contributed by atoms with Crippen LogP contribution in [0.5, 0.6) is 0 Å². The molecule has 4 nitrogen and oxygen atoms in total. The molecule has 1 amide bonds. The molecule has 1 aromatic carbocycles. The second-order valence-corrected chi connectivity index (χ2v) is 7.26. The van der Waals surface area contributed by atoms with Crippen molar-refractivity contribution in [1.29, 1.82) is 0 Å². The minimum Gasteiger partial charge on any atom is -0.456 e. The molecule has 1 aromatic rings. The van der Waals surface area contributed by atoms with Gasteiger partial charge in [0.15, 0.2) is 6.61 Å². The highest BCUT2D eigenvalue weighted by Crippen LogP contribution is 2.49. The van der Waals surface area contributed by atoms with Gasteiger partial charge in [-0.2, -0.15) is 0 Å². The van der Waals surface area contributed by atoms with E-state index in [1.165, 1.54) is 19.3 Å². The third-order valence-electron chi connectivity index (χ3n) is 4.90. The molecule has 0 aliphatic heterocycles. The highest BCUT2D eigenvalue weighted by Gasteiger charge is 2.40. The van der Waals surface area contributed by atoms with Crippen molar-refractivity contribution in [2.24, 2.45) is 17.8 Å². The smallest absolute Gasteiger partial charge is 0.306 e. The lowest BCUT2D eigenvalue weighted by Crippen LogP contribution is -2.23. The molecule has 0 aromatic heterocycles. The van der Waals surface area contributed by atoms with Gasteiger partial charge >= 0.3 is 5.97 Å². The van der Waals surface area contributed by atoms with Gasteiger partial charge in [-0.1, -0.05) is 35.7 Å². The number of fused-ring (bicyclic) bond motifs is 2. The number of hydrogen-bond acceptors (Lipinski definition) is 3. The Morgan fingerprint density at radius 2 is 1.91 bits per heavy atom. The van der Waals surface area contributed by atoms with Crippen LogP contribution in [0.3, 0.4) is 0 Å². The maximum absolute atomic E-state index is 11.9. The zero-order valence-corrected chi connectivity index (χ0v) is 14.2. The van der Waals surface area contributed by atoms with Crippen LogP contribution in [0.15, 0.2) is 18.2 Å². The van der Waals surface area contributed by atoms with Gasteiger partial charge in [-0.3, -0.25) is 9.59 Å². The minimum absolute atomic E-state index is 0.303. The summed E-state index contributed by atoms with van der Waals surface area (Å²) in [7, 11) is 0. The number of rotatable bonds is 5. The summed E-state index contributed by atoms with van der Waals surface area (Å²) >= 11 is 12.0. The molecule has 3 atom stereocenters. The number of carbonyl (C=O) groups is 2. The van der Waals surface area contributed by atoms with Gasteiger partial charge in [0.2, 0.25) is 0 Å². The van der Waals surface area contributed by atoms with Crippen LogP contribution in [0.25, 0.3) is 0 Å². The van der Waals surface area contributed by atoms with Gasteiger partial charge in [-0.25, -0.2) is 0 Å². The van der Waals surface area contributed by atoms with E-state index >= 15 is 0 Å². The molecule has 0 spiro atoms. The first-order valence-electron chi connectivity index (χ1n) is 7.92. The molecule has 0 heterocycles. The predicted molar refractivity (Wildman–Crippen MR) is 89.6 cm³/mol. The minimum atomic E-state index is -0.443. The summed E-state index contributed by atoms with van der Waals surface area (Å²) < 4.78 is 5.09. The molecule has 1 N–H and O–H groups in total. The van der Waals surface area contributed by atoms with E-state index in [9.17, 15) is 9.59 Å². The van der Waals surface area contributed by atoms with Gasteiger partial charge < -0.3 is 10.1 Å². The Bertz CT molecular complexity index is 600. The Hall–Kier alpha value is -1.26. The summed E-state index contributed by atoms with van der Waals surface area (Å²) in [5.74, 6) is 1.15. The largest absolute Gasteiger partial charge is 0.456 e. The number of esters is 1. The van der Waals surface area contributed by atoms with Crippen molar-refractivity contribution in [1.82, 2.24) is 0 Å². The van der Waals surface area contributed by atoms with E-state index in [4.69, 9.17) is 27.9 Å². The zero-order valence-electron chi connectivity index (χ0n) is 12.7. The van der Waals surface area contributed by atoms with Gasteiger partial charge in [-0.15, -0.1) is 0 Å². The Morgan fingerprint density at radius 3 is 2.52 bits per heavy atom. The van der Waals surface area contributed by atoms with E-state index < -0.39 is 5.91 Å². The number of halogens is 2. The summed E-state index contributed by atoms with van der Waals surface area (Å²) in [5.41, 5.74) is 0.338. The maximum atomic E-state index is 11.9. The molecule has 2 bridgehead atoms.